The summed E-state index contributed by atoms with van der Waals surface area (Å²) in [5.41, 5.74) is 5.38. The van der Waals surface area contributed by atoms with Gasteiger partial charge in [-0.15, -0.1) is 0 Å². The number of rotatable bonds is 10. The van der Waals surface area contributed by atoms with Crippen molar-refractivity contribution < 1.29 is 14.3 Å². The van der Waals surface area contributed by atoms with Crippen LogP contribution in [0.5, 0.6) is 5.75 Å². The standard InChI is InChI=1S/C34H38ClN3O3/c1-24(39)38-22-28-21-29(27-16-14-26(15-17-27)11-8-20-41-32-13-7-6-12-30(32)35)33(31(23-38)36-28)34(40)37(2)19-18-25-9-4-3-5-10-25/h3-7,9-10,12-17,28,31,36H,8,11,18-23H2,1-2H3/t28-,31-/m1/s1. The fourth-order valence-electron chi connectivity index (χ4n) is 5.77. The van der Waals surface area contributed by atoms with Crippen molar-refractivity contribution in [3.8, 4) is 5.75 Å². The topological polar surface area (TPSA) is 61.9 Å². The number of hydrogen-bond acceptors (Lipinski definition) is 4. The van der Waals surface area contributed by atoms with Gasteiger partial charge < -0.3 is 19.9 Å². The number of halogens is 1. The van der Waals surface area contributed by atoms with E-state index in [9.17, 15) is 9.59 Å². The third-order valence-electron chi connectivity index (χ3n) is 8.01. The molecule has 3 aromatic rings. The predicted octanol–water partition coefficient (Wildman–Crippen LogP) is 5.40. The lowest BCUT2D eigenvalue weighted by Gasteiger charge is -2.44. The minimum absolute atomic E-state index is 0.0260. The number of benzene rings is 3. The number of nitrogens with one attached hydrogen (secondary N) is 1. The van der Waals surface area contributed by atoms with Gasteiger partial charge in [-0.25, -0.2) is 0 Å². The van der Waals surface area contributed by atoms with E-state index in [1.807, 2.05) is 59.3 Å². The van der Waals surface area contributed by atoms with Gasteiger partial charge in [-0.05, 0) is 60.1 Å². The zero-order valence-electron chi connectivity index (χ0n) is 23.8. The molecular formula is C34H38ClN3O3. The van der Waals surface area contributed by atoms with Gasteiger partial charge in [0.25, 0.3) is 5.91 Å². The highest BCUT2D eigenvalue weighted by Gasteiger charge is 2.39. The van der Waals surface area contributed by atoms with Crippen molar-refractivity contribution in [3.05, 3.63) is 106 Å². The first-order chi connectivity index (χ1) is 19.9. The normalized spacial score (nSPS) is 18.3. The first-order valence-electron chi connectivity index (χ1n) is 14.4. The van der Waals surface area contributed by atoms with Crippen molar-refractivity contribution >= 4 is 29.0 Å². The minimum atomic E-state index is -0.185. The average molecular weight is 572 g/mol. The number of aryl methyl sites for hydroxylation is 1. The Morgan fingerprint density at radius 3 is 2.39 bits per heavy atom. The zero-order chi connectivity index (χ0) is 28.8. The summed E-state index contributed by atoms with van der Waals surface area (Å²) >= 11 is 6.19. The van der Waals surface area contributed by atoms with Crippen LogP contribution in [0.3, 0.4) is 0 Å². The molecule has 1 N–H and O–H groups in total. The molecule has 0 radical (unpaired) electrons. The van der Waals surface area contributed by atoms with Gasteiger partial charge in [0.1, 0.15) is 5.75 Å². The Hall–Kier alpha value is -3.61. The molecule has 0 spiro atoms. The number of fused-ring (bicyclic) bond motifs is 2. The fourth-order valence-corrected chi connectivity index (χ4v) is 5.96. The van der Waals surface area contributed by atoms with Crippen LogP contribution in [-0.2, 0) is 22.4 Å². The number of piperazine rings is 1. The molecule has 6 nitrogen and oxygen atoms in total. The quantitative estimate of drug-likeness (QED) is 0.331. The molecule has 2 aliphatic heterocycles. The minimum Gasteiger partial charge on any atom is -0.492 e. The molecule has 5 rings (SSSR count). The molecule has 214 valence electrons. The molecule has 2 heterocycles. The molecule has 0 aliphatic carbocycles. The number of carbonyl (C=O) groups is 2. The Morgan fingerprint density at radius 1 is 0.951 bits per heavy atom. The van der Waals surface area contributed by atoms with Crippen LogP contribution in [-0.4, -0.2) is 67.0 Å². The molecule has 3 aromatic carbocycles. The first kappa shape index (κ1) is 28.9. The van der Waals surface area contributed by atoms with Crippen molar-refractivity contribution in [2.75, 3.05) is 33.3 Å². The van der Waals surface area contributed by atoms with Crippen LogP contribution in [0.2, 0.25) is 5.02 Å². The second-order valence-electron chi connectivity index (χ2n) is 11.0. The smallest absolute Gasteiger partial charge is 0.251 e. The van der Waals surface area contributed by atoms with Crippen molar-refractivity contribution in [2.24, 2.45) is 0 Å². The van der Waals surface area contributed by atoms with Gasteiger partial charge in [0, 0.05) is 45.2 Å². The number of amides is 2. The monoisotopic (exact) mass is 571 g/mol. The van der Waals surface area contributed by atoms with Crippen molar-refractivity contribution in [1.82, 2.24) is 15.1 Å². The van der Waals surface area contributed by atoms with Crippen LogP contribution in [0.25, 0.3) is 5.57 Å². The van der Waals surface area contributed by atoms with E-state index in [1.165, 1.54) is 11.1 Å². The highest BCUT2D eigenvalue weighted by molar-refractivity contribution is 6.32. The lowest BCUT2D eigenvalue weighted by molar-refractivity contribution is -0.132. The Morgan fingerprint density at radius 2 is 1.66 bits per heavy atom. The average Bonchev–Trinajstić information content (AvgIpc) is 2.99. The Labute approximate surface area is 247 Å². The molecule has 0 aromatic heterocycles. The van der Waals surface area contributed by atoms with Gasteiger partial charge >= 0.3 is 0 Å². The van der Waals surface area contributed by atoms with Gasteiger partial charge in [0.05, 0.1) is 17.7 Å². The molecule has 2 aliphatic rings. The summed E-state index contributed by atoms with van der Waals surface area (Å²) in [6.45, 7) is 3.99. The number of carbonyl (C=O) groups excluding carboxylic acids is 2. The summed E-state index contributed by atoms with van der Waals surface area (Å²) in [6.07, 6.45) is 3.26. The Kier molecular flexibility index (Phi) is 9.42. The number of para-hydroxylation sites is 1. The number of nitrogens with zero attached hydrogens (tertiary/aromatic N) is 2. The molecule has 1 saturated heterocycles. The van der Waals surface area contributed by atoms with E-state index in [0.717, 1.165) is 36.0 Å². The van der Waals surface area contributed by atoms with Crippen LogP contribution >= 0.6 is 11.6 Å². The van der Waals surface area contributed by atoms with E-state index >= 15 is 0 Å². The van der Waals surface area contributed by atoms with Gasteiger partial charge in [-0.3, -0.25) is 9.59 Å². The summed E-state index contributed by atoms with van der Waals surface area (Å²) < 4.78 is 5.84. The molecule has 7 heteroatoms. The molecule has 41 heavy (non-hydrogen) atoms. The third-order valence-corrected chi connectivity index (χ3v) is 8.32. The highest BCUT2D eigenvalue weighted by Crippen LogP contribution is 2.34. The summed E-state index contributed by atoms with van der Waals surface area (Å²) in [4.78, 5) is 29.9. The molecule has 2 atom stereocenters. The van der Waals surface area contributed by atoms with Crippen molar-refractivity contribution in [1.29, 1.82) is 0 Å². The Balaban J connectivity index is 1.31. The van der Waals surface area contributed by atoms with Gasteiger partial charge in [0.2, 0.25) is 5.91 Å². The summed E-state index contributed by atoms with van der Waals surface area (Å²) in [5, 5.41) is 4.26. The van der Waals surface area contributed by atoms with E-state index in [1.54, 1.807) is 6.92 Å². The van der Waals surface area contributed by atoms with Gasteiger partial charge in [-0.2, -0.15) is 0 Å². The third kappa shape index (κ3) is 7.19. The number of hydrogen-bond donors (Lipinski definition) is 1. The van der Waals surface area contributed by atoms with E-state index in [2.05, 4.69) is 41.7 Å². The molecule has 2 bridgehead atoms. The predicted molar refractivity (Wildman–Crippen MR) is 164 cm³/mol. The SMILES string of the molecule is CC(=O)N1C[C@H]2CC(c3ccc(CCCOc4ccccc4Cl)cc3)=C(C(=O)N(C)CCc3ccccc3)[C@@H](C1)N2. The highest BCUT2D eigenvalue weighted by atomic mass is 35.5. The van der Waals surface area contributed by atoms with E-state index < -0.39 is 0 Å². The van der Waals surface area contributed by atoms with Crippen molar-refractivity contribution in [3.63, 3.8) is 0 Å². The van der Waals surface area contributed by atoms with Gasteiger partial charge in [0.15, 0.2) is 0 Å². The maximum atomic E-state index is 14.0. The lowest BCUT2D eigenvalue weighted by Crippen LogP contribution is -2.61. The summed E-state index contributed by atoms with van der Waals surface area (Å²) in [7, 11) is 1.88. The van der Waals surface area contributed by atoms with E-state index in [-0.39, 0.29) is 23.9 Å². The fraction of sp³-hybridized carbons (Fsp3) is 0.353. The molecule has 2 amide bonds. The van der Waals surface area contributed by atoms with Crippen LogP contribution in [0.4, 0.5) is 0 Å². The van der Waals surface area contributed by atoms with Crippen LogP contribution < -0.4 is 10.1 Å². The largest absolute Gasteiger partial charge is 0.492 e. The molecule has 0 saturated carbocycles. The van der Waals surface area contributed by atoms with Gasteiger partial charge in [-0.1, -0.05) is 78.3 Å². The second-order valence-corrected chi connectivity index (χ2v) is 11.4. The summed E-state index contributed by atoms with van der Waals surface area (Å²) in [6, 6.07) is 26.3. The zero-order valence-corrected chi connectivity index (χ0v) is 24.6. The number of likely N-dealkylation sites (N-methyl/N-ethyl adjacent to an activating group) is 1. The van der Waals surface area contributed by atoms with Crippen molar-refractivity contribution in [2.45, 2.75) is 44.7 Å². The van der Waals surface area contributed by atoms with E-state index in [4.69, 9.17) is 16.3 Å². The number of ether oxygens (including phenoxy) is 1. The lowest BCUT2D eigenvalue weighted by atomic mass is 9.82. The maximum absolute atomic E-state index is 14.0. The molecule has 0 unspecified atom stereocenters. The van der Waals surface area contributed by atoms with Crippen LogP contribution in [0.1, 0.15) is 36.5 Å². The van der Waals surface area contributed by atoms with Crippen LogP contribution in [0, 0.1) is 0 Å². The molecular weight excluding hydrogens is 534 g/mol. The maximum Gasteiger partial charge on any atom is 0.251 e. The molecule has 1 fully saturated rings. The summed E-state index contributed by atoms with van der Waals surface area (Å²) in [5.74, 6) is 0.789. The van der Waals surface area contributed by atoms with E-state index in [0.29, 0.717) is 43.4 Å². The Bertz CT molecular complexity index is 1390. The first-order valence-corrected chi connectivity index (χ1v) is 14.8. The second kappa shape index (κ2) is 13.4. The van der Waals surface area contributed by atoms with Crippen LogP contribution in [0.15, 0.2) is 84.4 Å².